The van der Waals surface area contributed by atoms with Crippen LogP contribution in [0.5, 0.6) is 0 Å². The molecule has 4 aliphatic carbocycles. The van der Waals surface area contributed by atoms with Gasteiger partial charge in [0.05, 0.1) is 0 Å². The number of hydrogen-bond donors (Lipinski definition) is 3. The molecule has 1 aliphatic heterocycles. The molecule has 3 saturated carbocycles. The summed E-state index contributed by atoms with van der Waals surface area (Å²) in [5, 5.41) is 10.5. The predicted molar refractivity (Wildman–Crippen MR) is 238 cm³/mol. The van der Waals surface area contributed by atoms with Crippen molar-refractivity contribution >= 4 is 0 Å². The zero-order valence-corrected chi connectivity index (χ0v) is 43.7. The zero-order valence-electron chi connectivity index (χ0n) is 38.8. The maximum Gasteiger partial charge on any atom is 1.00 e. The Morgan fingerprint density at radius 3 is 2.27 bits per heavy atom. The summed E-state index contributed by atoms with van der Waals surface area (Å²) in [5.41, 5.74) is 7.06. The van der Waals surface area contributed by atoms with Gasteiger partial charge in [0.2, 0.25) is 0 Å². The monoisotopic (exact) mass is 828 g/mol. The van der Waals surface area contributed by atoms with Crippen molar-refractivity contribution < 1.29 is 58.2 Å². The summed E-state index contributed by atoms with van der Waals surface area (Å²) in [4.78, 5) is 0. The first-order valence-corrected chi connectivity index (χ1v) is 22.6. The number of rotatable bonds is 15. The largest absolute Gasteiger partial charge is 1.00 e. The molecule has 4 heteroatoms. The molecular weight excluding hydrogens is 740 g/mol. The molecule has 308 valence electrons. The molecule has 55 heavy (non-hydrogen) atoms. The molecule has 5 aliphatic rings. The van der Waals surface area contributed by atoms with Gasteiger partial charge in [-0.2, -0.15) is 0 Å². The fourth-order valence-corrected chi connectivity index (χ4v) is 12.7. The molecule has 6 unspecified atom stereocenters. The summed E-state index contributed by atoms with van der Waals surface area (Å²) in [6.07, 6.45) is 25.1. The van der Waals surface area contributed by atoms with Crippen LogP contribution >= 0.6 is 0 Å². The van der Waals surface area contributed by atoms with Crippen LogP contribution in [0.2, 0.25) is 0 Å². The third kappa shape index (κ3) is 10.8. The second-order valence-electron chi connectivity index (χ2n) is 21.4. The zero-order chi connectivity index (χ0) is 40.3. The molecule has 3 N–H and O–H groups in total. The minimum atomic E-state index is -0.160. The van der Waals surface area contributed by atoms with Gasteiger partial charge in [-0.05, 0) is 155 Å². The van der Waals surface area contributed by atoms with Crippen LogP contribution in [0.25, 0.3) is 0 Å². The number of nitrogens with one attached hydrogen (secondary N) is 3. The molecule has 1 heterocycles. The molecule has 0 aromatic rings. The Kier molecular flexibility index (Phi) is 18.2. The van der Waals surface area contributed by atoms with E-state index in [1.54, 1.807) is 11.8 Å². The molecule has 4 fully saturated rings. The average Bonchev–Trinajstić information content (AvgIpc) is 3.59. The van der Waals surface area contributed by atoms with Crippen LogP contribution in [0.3, 0.4) is 0 Å². The third-order valence-electron chi connectivity index (χ3n) is 17.3. The van der Waals surface area contributed by atoms with E-state index in [2.05, 4.69) is 131 Å². The van der Waals surface area contributed by atoms with Gasteiger partial charge in [0.1, 0.15) is 0 Å². The van der Waals surface area contributed by atoms with E-state index in [1.165, 1.54) is 88.3 Å². The molecule has 1 saturated heterocycles. The van der Waals surface area contributed by atoms with Crippen molar-refractivity contribution in [2.45, 2.75) is 191 Å². The molecule has 0 radical (unpaired) electrons. The van der Waals surface area contributed by atoms with Crippen LogP contribution in [-0.2, 0) is 0 Å². The molecule has 0 spiro atoms. The second kappa shape index (κ2) is 20.2. The third-order valence-corrected chi connectivity index (χ3v) is 17.3. The van der Waals surface area contributed by atoms with Crippen LogP contribution in [0, 0.1) is 64.1 Å². The van der Waals surface area contributed by atoms with Crippen molar-refractivity contribution in [3.05, 3.63) is 67.4 Å². The van der Waals surface area contributed by atoms with Crippen molar-refractivity contribution in [1.29, 1.82) is 0 Å². The van der Waals surface area contributed by atoms with Gasteiger partial charge >= 0.3 is 58.2 Å². The van der Waals surface area contributed by atoms with Gasteiger partial charge in [-0.1, -0.05) is 130 Å². The SMILES string of the molecule is C=CN/C(=C\C)C[C@H](NC(C)(C)C(=C)CC1CCC2(C)C(=CCC3[C@@H]2CCC2(C)C3(C)CC[C@]2(C)[C@H](C)CCCC(C)C)C1)C(=C)C.[CH2-]C1C[C@@H](C)CN1.[Rb+]. The fourth-order valence-electron chi connectivity index (χ4n) is 12.7. The molecule has 0 bridgehead atoms. The molecular formula is C51H88N3Rb. The predicted octanol–water partition coefficient (Wildman–Crippen LogP) is 10.5. The van der Waals surface area contributed by atoms with E-state index in [0.717, 1.165) is 54.5 Å². The minimum absolute atomic E-state index is 0. The van der Waals surface area contributed by atoms with Crippen LogP contribution in [0.4, 0.5) is 0 Å². The Balaban J connectivity index is 0.000000911. The first-order valence-electron chi connectivity index (χ1n) is 22.6. The van der Waals surface area contributed by atoms with E-state index in [0.29, 0.717) is 33.6 Å². The van der Waals surface area contributed by atoms with E-state index >= 15 is 0 Å². The summed E-state index contributed by atoms with van der Waals surface area (Å²) < 4.78 is 0. The van der Waals surface area contributed by atoms with Gasteiger partial charge in [0, 0.05) is 23.7 Å². The van der Waals surface area contributed by atoms with Gasteiger partial charge in [-0.3, -0.25) is 0 Å². The van der Waals surface area contributed by atoms with E-state index in [4.69, 9.17) is 6.58 Å². The minimum Gasteiger partial charge on any atom is -0.366 e. The Morgan fingerprint density at radius 2 is 1.73 bits per heavy atom. The van der Waals surface area contributed by atoms with Gasteiger partial charge in [-0.15, -0.1) is 6.04 Å². The summed E-state index contributed by atoms with van der Waals surface area (Å²) in [6, 6.07) is 0.710. The van der Waals surface area contributed by atoms with Gasteiger partial charge in [0.25, 0.3) is 0 Å². The first kappa shape index (κ1) is 49.6. The Hall–Kier alpha value is 0.225. The molecule has 3 nitrogen and oxygen atoms in total. The smallest absolute Gasteiger partial charge is 0.366 e. The summed E-state index contributed by atoms with van der Waals surface area (Å²) >= 11 is 0. The van der Waals surface area contributed by atoms with E-state index in [1.807, 2.05) is 0 Å². The number of fused-ring (bicyclic) bond motifs is 5. The molecule has 0 amide bonds. The molecule has 0 aromatic heterocycles. The van der Waals surface area contributed by atoms with Crippen molar-refractivity contribution in [2.24, 2.45) is 57.2 Å². The first-order chi connectivity index (χ1) is 25.2. The van der Waals surface area contributed by atoms with Crippen molar-refractivity contribution in [1.82, 2.24) is 16.0 Å². The molecule has 5 rings (SSSR count). The molecule has 0 aromatic carbocycles. The van der Waals surface area contributed by atoms with Crippen molar-refractivity contribution in [3.8, 4) is 0 Å². The average molecular weight is 829 g/mol. The van der Waals surface area contributed by atoms with Crippen molar-refractivity contribution in [3.63, 3.8) is 0 Å². The summed E-state index contributed by atoms with van der Waals surface area (Å²) in [5.74, 6) is 4.88. The normalized spacial score (nSPS) is 36.9. The van der Waals surface area contributed by atoms with E-state index < -0.39 is 0 Å². The van der Waals surface area contributed by atoms with Gasteiger partial charge in [0.15, 0.2) is 0 Å². The van der Waals surface area contributed by atoms with Crippen LogP contribution in [-0.4, -0.2) is 24.2 Å². The maximum absolute atomic E-state index is 4.71. The topological polar surface area (TPSA) is 36.1 Å². The van der Waals surface area contributed by atoms with Crippen molar-refractivity contribution in [2.75, 3.05) is 6.54 Å². The van der Waals surface area contributed by atoms with Crippen LogP contribution in [0.1, 0.15) is 173 Å². The summed E-state index contributed by atoms with van der Waals surface area (Å²) in [6.45, 7) is 47.3. The second-order valence-corrected chi connectivity index (χ2v) is 21.4. The fraction of sp³-hybridized carbons (Fsp3) is 0.784. The molecule has 11 atom stereocenters. The summed E-state index contributed by atoms with van der Waals surface area (Å²) in [7, 11) is 0. The Morgan fingerprint density at radius 1 is 1.04 bits per heavy atom. The number of hydrogen-bond acceptors (Lipinski definition) is 3. The Labute approximate surface area is 391 Å². The van der Waals surface area contributed by atoms with Gasteiger partial charge in [-0.25, -0.2) is 0 Å². The van der Waals surface area contributed by atoms with Gasteiger partial charge < -0.3 is 22.9 Å². The standard InChI is InChI=1S/C45H76N2.C6H12N.Rb/c1-15-37(46-16-2)30-40(32(5)6)47-41(9,10)34(8)28-35-22-24-42(11)36(29-35)20-21-39-38(42)23-25-45(14)43(12,26-27-44(39,45)13)33(7)19-17-18-31(3)4;1-5-3-6(2)7-4-5;/h15-16,20,31,33,35,38-40,46-47H,2,5,8,17-19,21-30H2,1,3-4,6-7,9-14H3;5-7H,2-4H2,1H3;/q;-1;+1/b37-15-;;/t33-,35?,38+,39?,40+,42?,43-,44?,45?;5-,6?;/m11./s1. The van der Waals surface area contributed by atoms with E-state index in [9.17, 15) is 0 Å². The Bertz CT molecular complexity index is 1370. The quantitative estimate of drug-likeness (QED) is 0.114. The van der Waals surface area contributed by atoms with Crippen LogP contribution in [0.15, 0.2) is 60.5 Å². The van der Waals surface area contributed by atoms with Crippen LogP contribution < -0.4 is 74.1 Å². The number of allylic oxidation sites excluding steroid dienone is 3. The maximum atomic E-state index is 4.71. The van der Waals surface area contributed by atoms with E-state index in [-0.39, 0.29) is 69.8 Å².